The summed E-state index contributed by atoms with van der Waals surface area (Å²) in [6.07, 6.45) is 0. The highest BCUT2D eigenvalue weighted by atomic mass is 32.1. The van der Waals surface area contributed by atoms with Crippen LogP contribution in [0.25, 0.3) is 85.9 Å². The molecule has 0 atom stereocenters. The smallest absolute Gasteiger partial charge is 0.136 e. The van der Waals surface area contributed by atoms with Crippen molar-refractivity contribution in [3.8, 4) is 22.3 Å². The number of benzene rings is 9. The summed E-state index contributed by atoms with van der Waals surface area (Å²) >= 11 is 1.86. The Morgan fingerprint density at radius 1 is 0.377 bits per heavy atom. The number of furan rings is 1. The maximum absolute atomic E-state index is 6.59. The van der Waals surface area contributed by atoms with Crippen LogP contribution in [0.5, 0.6) is 0 Å². The van der Waals surface area contributed by atoms with Crippen molar-refractivity contribution in [1.29, 1.82) is 0 Å². The van der Waals surface area contributed by atoms with E-state index < -0.39 is 0 Å². The fourth-order valence-corrected chi connectivity index (χ4v) is 9.32. The van der Waals surface area contributed by atoms with E-state index >= 15 is 0 Å². The normalized spacial score (nSPS) is 11.8. The van der Waals surface area contributed by atoms with Crippen LogP contribution in [0.4, 0.5) is 17.1 Å². The Morgan fingerprint density at radius 2 is 1.02 bits per heavy atom. The second kappa shape index (κ2) is 11.9. The number of hydrogen-bond donors (Lipinski definition) is 0. The zero-order valence-electron chi connectivity index (χ0n) is 28.7. The van der Waals surface area contributed by atoms with Crippen LogP contribution in [-0.2, 0) is 0 Å². The molecule has 0 N–H and O–H groups in total. The number of hydrogen-bond acceptors (Lipinski definition) is 3. The summed E-state index contributed by atoms with van der Waals surface area (Å²) in [5, 5.41) is 9.64. The lowest BCUT2D eigenvalue weighted by Crippen LogP contribution is -2.10. The molecule has 2 heterocycles. The summed E-state index contributed by atoms with van der Waals surface area (Å²) in [5.41, 5.74) is 9.90. The van der Waals surface area contributed by atoms with Gasteiger partial charge < -0.3 is 9.32 Å². The zero-order valence-corrected chi connectivity index (χ0v) is 29.5. The molecule has 0 bridgehead atoms. The Labute approximate surface area is 310 Å². The lowest BCUT2D eigenvalue weighted by molar-refractivity contribution is 0.669. The topological polar surface area (TPSA) is 16.4 Å². The molecule has 0 fully saturated rings. The second-order valence-corrected chi connectivity index (χ2v) is 14.7. The average Bonchev–Trinajstić information content (AvgIpc) is 3.80. The van der Waals surface area contributed by atoms with Crippen LogP contribution < -0.4 is 4.90 Å². The zero-order chi connectivity index (χ0) is 34.9. The third-order valence-electron chi connectivity index (χ3n) is 10.6. The molecule has 2 nitrogen and oxygen atoms in total. The van der Waals surface area contributed by atoms with Crippen molar-refractivity contribution in [2.24, 2.45) is 0 Å². The SMILES string of the molecule is c1ccc(-c2ccc3oc4ccc5cccc(N(c6ccc(-c7ccc8ccccc8c7)cc6)c6cccc7c6sc6ccccc67)c5c4c3c2)cc1. The Balaban J connectivity index is 1.18. The van der Waals surface area contributed by atoms with E-state index in [9.17, 15) is 0 Å². The molecular weight excluding hydrogens is 663 g/mol. The number of nitrogens with zero attached hydrogens (tertiary/aromatic N) is 1. The van der Waals surface area contributed by atoms with Gasteiger partial charge in [-0.15, -0.1) is 11.3 Å². The van der Waals surface area contributed by atoms with Crippen molar-refractivity contribution < 1.29 is 4.42 Å². The summed E-state index contributed by atoms with van der Waals surface area (Å²) in [7, 11) is 0. The van der Waals surface area contributed by atoms with E-state index in [1.807, 2.05) is 11.3 Å². The van der Waals surface area contributed by atoms with Gasteiger partial charge in [-0.05, 0) is 93.0 Å². The molecule has 0 amide bonds. The number of fused-ring (bicyclic) bond motifs is 9. The first-order valence-electron chi connectivity index (χ1n) is 18.0. The summed E-state index contributed by atoms with van der Waals surface area (Å²) in [4.78, 5) is 2.46. The van der Waals surface area contributed by atoms with Crippen molar-refractivity contribution in [1.82, 2.24) is 0 Å². The molecule has 2 aromatic heterocycles. The van der Waals surface area contributed by atoms with Gasteiger partial charge in [-0.25, -0.2) is 0 Å². The predicted octanol–water partition coefficient (Wildman–Crippen LogP) is 15.1. The lowest BCUT2D eigenvalue weighted by Gasteiger charge is -2.28. The van der Waals surface area contributed by atoms with Crippen LogP contribution in [0.3, 0.4) is 0 Å². The van der Waals surface area contributed by atoms with Gasteiger partial charge in [0.1, 0.15) is 11.2 Å². The maximum atomic E-state index is 6.59. The van der Waals surface area contributed by atoms with E-state index in [1.165, 1.54) is 64.0 Å². The fourth-order valence-electron chi connectivity index (χ4n) is 8.11. The molecule has 3 heteroatoms. The summed E-state index contributed by atoms with van der Waals surface area (Å²) in [6, 6.07) is 68.0. The fraction of sp³-hybridized carbons (Fsp3) is 0. The van der Waals surface area contributed by atoms with Crippen molar-refractivity contribution in [2.45, 2.75) is 0 Å². The molecule has 0 aliphatic heterocycles. The molecule has 0 radical (unpaired) electrons. The van der Waals surface area contributed by atoms with E-state index in [1.54, 1.807) is 0 Å². The van der Waals surface area contributed by atoms with Crippen LogP contribution in [0.1, 0.15) is 0 Å². The van der Waals surface area contributed by atoms with E-state index in [-0.39, 0.29) is 0 Å². The average molecular weight is 694 g/mol. The minimum absolute atomic E-state index is 0.886. The molecule has 0 unspecified atom stereocenters. The van der Waals surface area contributed by atoms with Gasteiger partial charge in [0, 0.05) is 37.3 Å². The van der Waals surface area contributed by atoms with Crippen LogP contribution in [0.2, 0.25) is 0 Å². The summed E-state index contributed by atoms with van der Waals surface area (Å²) < 4.78 is 9.14. The molecule has 9 aromatic carbocycles. The molecule has 0 saturated heterocycles. The minimum Gasteiger partial charge on any atom is -0.456 e. The number of rotatable bonds is 5. The van der Waals surface area contributed by atoms with E-state index in [0.717, 1.165) is 39.0 Å². The van der Waals surface area contributed by atoms with Crippen LogP contribution in [0, 0.1) is 0 Å². The van der Waals surface area contributed by atoms with Crippen LogP contribution in [-0.4, -0.2) is 0 Å². The third kappa shape index (κ3) is 4.86. The standard InChI is InChI=1S/C50H31NOS/c1-2-10-32(11-3-1)38-25-28-45-42(31-38)49-46(52-45)29-24-35-14-8-17-43(48(35)49)51(44-18-9-16-41-40-15-6-7-19-47(40)53-50(41)44)39-26-22-34(23-27-39)37-21-20-33-12-4-5-13-36(33)30-37/h1-31H. The Bertz CT molecular complexity index is 3170. The molecule has 0 aliphatic carbocycles. The van der Waals surface area contributed by atoms with Crippen molar-refractivity contribution in [3.63, 3.8) is 0 Å². The van der Waals surface area contributed by atoms with Gasteiger partial charge in [0.05, 0.1) is 16.1 Å². The highest BCUT2D eigenvalue weighted by Gasteiger charge is 2.23. The number of anilines is 3. The Hall–Kier alpha value is -6.68. The summed E-state index contributed by atoms with van der Waals surface area (Å²) in [5.74, 6) is 0. The highest BCUT2D eigenvalue weighted by Crippen LogP contribution is 2.49. The maximum Gasteiger partial charge on any atom is 0.136 e. The van der Waals surface area contributed by atoms with Gasteiger partial charge in [0.2, 0.25) is 0 Å². The second-order valence-electron chi connectivity index (χ2n) is 13.7. The van der Waals surface area contributed by atoms with Crippen LogP contribution in [0.15, 0.2) is 192 Å². The Kier molecular flexibility index (Phi) is 6.76. The largest absolute Gasteiger partial charge is 0.456 e. The van der Waals surface area contributed by atoms with Gasteiger partial charge in [-0.3, -0.25) is 0 Å². The van der Waals surface area contributed by atoms with Crippen molar-refractivity contribution in [3.05, 3.63) is 188 Å². The van der Waals surface area contributed by atoms with Gasteiger partial charge in [0.15, 0.2) is 0 Å². The molecule has 11 aromatic rings. The van der Waals surface area contributed by atoms with Crippen molar-refractivity contribution >= 4 is 92.1 Å². The minimum atomic E-state index is 0.886. The number of thiophene rings is 1. The van der Waals surface area contributed by atoms with E-state index in [4.69, 9.17) is 4.42 Å². The van der Waals surface area contributed by atoms with E-state index in [2.05, 4.69) is 193 Å². The van der Waals surface area contributed by atoms with Gasteiger partial charge >= 0.3 is 0 Å². The molecular formula is C50H31NOS. The molecule has 0 aliphatic rings. The van der Waals surface area contributed by atoms with Gasteiger partial charge in [-0.2, -0.15) is 0 Å². The third-order valence-corrected chi connectivity index (χ3v) is 11.8. The van der Waals surface area contributed by atoms with Crippen LogP contribution >= 0.6 is 11.3 Å². The predicted molar refractivity (Wildman–Crippen MR) is 227 cm³/mol. The quantitative estimate of drug-likeness (QED) is 0.178. The summed E-state index contributed by atoms with van der Waals surface area (Å²) in [6.45, 7) is 0. The molecule has 0 spiro atoms. The molecule has 248 valence electrons. The highest BCUT2D eigenvalue weighted by molar-refractivity contribution is 7.26. The van der Waals surface area contributed by atoms with Gasteiger partial charge in [0.25, 0.3) is 0 Å². The van der Waals surface area contributed by atoms with Gasteiger partial charge in [-0.1, -0.05) is 133 Å². The Morgan fingerprint density at radius 3 is 1.92 bits per heavy atom. The van der Waals surface area contributed by atoms with Crippen molar-refractivity contribution in [2.75, 3.05) is 4.90 Å². The molecule has 0 saturated carbocycles. The van der Waals surface area contributed by atoms with E-state index in [0.29, 0.717) is 0 Å². The first kappa shape index (κ1) is 30.0. The first-order chi connectivity index (χ1) is 26.3. The molecule has 53 heavy (non-hydrogen) atoms. The lowest BCUT2D eigenvalue weighted by atomic mass is 9.98. The molecule has 11 rings (SSSR count). The monoisotopic (exact) mass is 693 g/mol. The first-order valence-corrected chi connectivity index (χ1v) is 18.8.